The maximum Gasteiger partial charge on any atom is 0.155 e. The standard InChI is InChI=1S/C16H27NO/c1-11-7-6-8-16(10-9-11)17-14(4)12(2)13(3)15(5)18/h11,16-17H,4,6-10H2,1-3,5H3/b13-12+. The average molecular weight is 249 g/mol. The Morgan fingerprint density at radius 1 is 1.06 bits per heavy atom. The molecule has 1 rings (SSSR count). The van der Waals surface area contributed by atoms with Gasteiger partial charge in [-0.15, -0.1) is 0 Å². The van der Waals surface area contributed by atoms with E-state index in [0.717, 1.165) is 22.8 Å². The van der Waals surface area contributed by atoms with Gasteiger partial charge in [0.1, 0.15) is 0 Å². The van der Waals surface area contributed by atoms with Crippen LogP contribution in [0.4, 0.5) is 0 Å². The first kappa shape index (κ1) is 15.0. The Balaban J connectivity index is 2.59. The molecule has 102 valence electrons. The molecule has 0 aromatic heterocycles. The van der Waals surface area contributed by atoms with Crippen molar-refractivity contribution in [3.63, 3.8) is 0 Å². The molecule has 0 aliphatic heterocycles. The van der Waals surface area contributed by atoms with Crippen LogP contribution < -0.4 is 5.32 Å². The van der Waals surface area contributed by atoms with Gasteiger partial charge in [-0.25, -0.2) is 0 Å². The summed E-state index contributed by atoms with van der Waals surface area (Å²) in [7, 11) is 0. The summed E-state index contributed by atoms with van der Waals surface area (Å²) < 4.78 is 0. The van der Waals surface area contributed by atoms with Crippen molar-refractivity contribution in [1.82, 2.24) is 5.32 Å². The monoisotopic (exact) mass is 249 g/mol. The van der Waals surface area contributed by atoms with Crippen molar-refractivity contribution in [3.05, 3.63) is 23.4 Å². The van der Waals surface area contributed by atoms with Crippen LogP contribution in [0.25, 0.3) is 0 Å². The molecule has 2 heteroatoms. The highest BCUT2D eigenvalue weighted by Gasteiger charge is 2.17. The van der Waals surface area contributed by atoms with Crippen LogP contribution in [-0.4, -0.2) is 11.8 Å². The summed E-state index contributed by atoms with van der Waals surface area (Å²) in [6.07, 6.45) is 6.36. The molecule has 0 saturated heterocycles. The summed E-state index contributed by atoms with van der Waals surface area (Å²) in [5.74, 6) is 0.977. The predicted octanol–water partition coefficient (Wildman–Crippen LogP) is 3.98. The highest BCUT2D eigenvalue weighted by Crippen LogP contribution is 2.24. The molecule has 0 radical (unpaired) electrons. The summed E-state index contributed by atoms with van der Waals surface area (Å²) in [4.78, 5) is 11.4. The molecule has 0 spiro atoms. The zero-order chi connectivity index (χ0) is 13.7. The van der Waals surface area contributed by atoms with Crippen molar-refractivity contribution < 1.29 is 4.79 Å². The van der Waals surface area contributed by atoms with Crippen LogP contribution in [0, 0.1) is 5.92 Å². The second-order valence-corrected chi connectivity index (χ2v) is 5.74. The average Bonchev–Trinajstić information content (AvgIpc) is 2.52. The van der Waals surface area contributed by atoms with Gasteiger partial charge in [0.2, 0.25) is 0 Å². The van der Waals surface area contributed by atoms with Gasteiger partial charge in [0.25, 0.3) is 0 Å². The first-order valence-electron chi connectivity index (χ1n) is 7.06. The van der Waals surface area contributed by atoms with Gasteiger partial charge >= 0.3 is 0 Å². The minimum Gasteiger partial charge on any atom is -0.383 e. The van der Waals surface area contributed by atoms with Gasteiger partial charge < -0.3 is 5.32 Å². The SMILES string of the molecule is C=C(NC1CCCC(C)CC1)/C(C)=C(\C)C(C)=O. The molecule has 1 aliphatic carbocycles. The Hall–Kier alpha value is -1.05. The van der Waals surface area contributed by atoms with E-state index in [0.29, 0.717) is 6.04 Å². The molecule has 18 heavy (non-hydrogen) atoms. The summed E-state index contributed by atoms with van der Waals surface area (Å²) in [5, 5.41) is 3.51. The van der Waals surface area contributed by atoms with Crippen molar-refractivity contribution in [2.75, 3.05) is 0 Å². The van der Waals surface area contributed by atoms with E-state index in [-0.39, 0.29) is 5.78 Å². The molecule has 0 aromatic rings. The molecule has 0 bridgehead atoms. The van der Waals surface area contributed by atoms with E-state index in [2.05, 4.69) is 18.8 Å². The Bertz CT molecular complexity index is 354. The second-order valence-electron chi connectivity index (χ2n) is 5.74. The van der Waals surface area contributed by atoms with Crippen LogP contribution in [0.2, 0.25) is 0 Å². The Labute approximate surface area is 112 Å². The molecule has 1 aliphatic rings. The fourth-order valence-electron chi connectivity index (χ4n) is 2.48. The lowest BCUT2D eigenvalue weighted by molar-refractivity contribution is -0.113. The van der Waals surface area contributed by atoms with E-state index in [1.54, 1.807) is 6.92 Å². The van der Waals surface area contributed by atoms with Crippen molar-refractivity contribution in [3.8, 4) is 0 Å². The van der Waals surface area contributed by atoms with Crippen LogP contribution in [-0.2, 0) is 4.79 Å². The number of hydrogen-bond donors (Lipinski definition) is 1. The zero-order valence-corrected chi connectivity index (χ0v) is 12.3. The van der Waals surface area contributed by atoms with Crippen LogP contribution in [0.1, 0.15) is 59.8 Å². The molecule has 2 atom stereocenters. The minimum absolute atomic E-state index is 0.130. The lowest BCUT2D eigenvalue weighted by Crippen LogP contribution is -2.28. The number of allylic oxidation sites excluding steroid dienone is 2. The normalized spacial score (nSPS) is 26.0. The minimum atomic E-state index is 0.130. The van der Waals surface area contributed by atoms with E-state index in [9.17, 15) is 4.79 Å². The molecule has 2 unspecified atom stereocenters. The highest BCUT2D eigenvalue weighted by molar-refractivity contribution is 5.94. The fraction of sp³-hybridized carbons (Fsp3) is 0.688. The van der Waals surface area contributed by atoms with Gasteiger partial charge in [0, 0.05) is 11.7 Å². The highest BCUT2D eigenvalue weighted by atomic mass is 16.1. The van der Waals surface area contributed by atoms with Gasteiger partial charge in [-0.1, -0.05) is 26.3 Å². The maximum absolute atomic E-state index is 11.4. The molecule has 1 N–H and O–H groups in total. The van der Waals surface area contributed by atoms with Crippen LogP contribution in [0.5, 0.6) is 0 Å². The van der Waals surface area contributed by atoms with E-state index >= 15 is 0 Å². The third-order valence-electron chi connectivity index (χ3n) is 4.18. The Morgan fingerprint density at radius 3 is 2.33 bits per heavy atom. The number of hydrogen-bond acceptors (Lipinski definition) is 2. The van der Waals surface area contributed by atoms with E-state index in [1.165, 1.54) is 32.1 Å². The van der Waals surface area contributed by atoms with E-state index < -0.39 is 0 Å². The Kier molecular flexibility index (Phi) is 5.64. The number of carbonyl (C=O) groups excluding carboxylic acids is 1. The van der Waals surface area contributed by atoms with E-state index in [4.69, 9.17) is 0 Å². The Morgan fingerprint density at radius 2 is 1.72 bits per heavy atom. The van der Waals surface area contributed by atoms with Crippen molar-refractivity contribution in [2.24, 2.45) is 5.92 Å². The first-order valence-corrected chi connectivity index (χ1v) is 7.06. The summed E-state index contributed by atoms with van der Waals surface area (Å²) >= 11 is 0. The molecule has 0 aromatic carbocycles. The van der Waals surface area contributed by atoms with Gasteiger partial charge in [-0.2, -0.15) is 0 Å². The van der Waals surface area contributed by atoms with Crippen molar-refractivity contribution in [2.45, 2.75) is 65.8 Å². The summed E-state index contributed by atoms with van der Waals surface area (Å²) in [6, 6.07) is 0.525. The van der Waals surface area contributed by atoms with Crippen LogP contribution >= 0.6 is 0 Å². The van der Waals surface area contributed by atoms with Crippen LogP contribution in [0.15, 0.2) is 23.4 Å². The predicted molar refractivity (Wildman–Crippen MR) is 77.4 cm³/mol. The van der Waals surface area contributed by atoms with Crippen molar-refractivity contribution >= 4 is 5.78 Å². The maximum atomic E-state index is 11.4. The first-order chi connectivity index (χ1) is 8.41. The molecule has 0 heterocycles. The molecule has 0 amide bonds. The number of Topliss-reactive ketones (excluding diaryl/α,β-unsaturated/α-hetero) is 1. The van der Waals surface area contributed by atoms with Gasteiger partial charge in [-0.3, -0.25) is 4.79 Å². The molecule has 2 nitrogen and oxygen atoms in total. The summed E-state index contributed by atoms with van der Waals surface area (Å²) in [6.45, 7) is 11.9. The zero-order valence-electron chi connectivity index (χ0n) is 12.3. The van der Waals surface area contributed by atoms with Gasteiger partial charge in [-0.05, 0) is 57.1 Å². The van der Waals surface area contributed by atoms with Gasteiger partial charge in [0.05, 0.1) is 0 Å². The molecule has 1 fully saturated rings. The largest absolute Gasteiger partial charge is 0.383 e. The lowest BCUT2D eigenvalue weighted by Gasteiger charge is -2.20. The third-order valence-corrected chi connectivity index (χ3v) is 4.18. The van der Waals surface area contributed by atoms with Crippen LogP contribution in [0.3, 0.4) is 0 Å². The summed E-state index contributed by atoms with van der Waals surface area (Å²) in [5.41, 5.74) is 2.73. The quantitative estimate of drug-likeness (QED) is 0.464. The second kappa shape index (κ2) is 6.77. The fourth-order valence-corrected chi connectivity index (χ4v) is 2.48. The van der Waals surface area contributed by atoms with E-state index in [1.807, 2.05) is 13.8 Å². The number of ketones is 1. The number of nitrogens with one attached hydrogen (secondary N) is 1. The van der Waals surface area contributed by atoms with Gasteiger partial charge in [0.15, 0.2) is 5.78 Å². The smallest absolute Gasteiger partial charge is 0.155 e. The number of rotatable bonds is 4. The molecule has 1 saturated carbocycles. The van der Waals surface area contributed by atoms with Crippen molar-refractivity contribution in [1.29, 1.82) is 0 Å². The molecular formula is C16H27NO. The lowest BCUT2D eigenvalue weighted by atomic mass is 10.0. The topological polar surface area (TPSA) is 29.1 Å². The third kappa shape index (κ3) is 4.32. The number of carbonyl (C=O) groups is 1. The molecular weight excluding hydrogens is 222 g/mol.